The van der Waals surface area contributed by atoms with E-state index in [2.05, 4.69) is 4.72 Å². The summed E-state index contributed by atoms with van der Waals surface area (Å²) in [5.74, 6) is -2.17. The van der Waals surface area contributed by atoms with Crippen LogP contribution in [0.4, 0.5) is 4.39 Å². The van der Waals surface area contributed by atoms with Crippen molar-refractivity contribution in [1.82, 2.24) is 4.72 Å². The maximum atomic E-state index is 13.5. The molecule has 2 rings (SSSR count). The molecule has 5 nitrogen and oxygen atoms in total. The van der Waals surface area contributed by atoms with Gasteiger partial charge in [-0.05, 0) is 31.7 Å². The summed E-state index contributed by atoms with van der Waals surface area (Å²) in [7, 11) is -3.63. The normalized spacial score (nSPS) is 22.9. The molecule has 0 saturated heterocycles. The van der Waals surface area contributed by atoms with Gasteiger partial charge >= 0.3 is 5.97 Å². The van der Waals surface area contributed by atoms with E-state index in [-0.39, 0.29) is 11.6 Å². The Morgan fingerprint density at radius 3 is 2.43 bits per heavy atom. The van der Waals surface area contributed by atoms with Gasteiger partial charge in [-0.25, -0.2) is 17.5 Å². The molecular formula is C14H18FNO4S. The molecule has 1 aromatic rings. The van der Waals surface area contributed by atoms with Crippen molar-refractivity contribution in [2.24, 2.45) is 5.92 Å². The van der Waals surface area contributed by atoms with Crippen LogP contribution in [0.2, 0.25) is 0 Å². The second-order valence-electron chi connectivity index (χ2n) is 5.36. The van der Waals surface area contributed by atoms with E-state index in [0.29, 0.717) is 25.7 Å². The first-order valence-electron chi connectivity index (χ1n) is 6.83. The van der Waals surface area contributed by atoms with Crippen molar-refractivity contribution >= 4 is 16.0 Å². The Balaban J connectivity index is 1.93. The minimum atomic E-state index is -3.63. The number of carbonyl (C=O) groups is 1. The van der Waals surface area contributed by atoms with E-state index >= 15 is 0 Å². The number of carboxylic acids is 1. The van der Waals surface area contributed by atoms with Crippen LogP contribution in [0.5, 0.6) is 0 Å². The number of sulfonamides is 1. The van der Waals surface area contributed by atoms with Gasteiger partial charge in [-0.1, -0.05) is 18.2 Å². The van der Waals surface area contributed by atoms with Crippen molar-refractivity contribution in [2.75, 3.05) is 0 Å². The molecule has 0 bridgehead atoms. The molecule has 116 valence electrons. The average molecular weight is 315 g/mol. The van der Waals surface area contributed by atoms with E-state index in [9.17, 15) is 17.6 Å². The Bertz CT molecular complexity index is 609. The van der Waals surface area contributed by atoms with Crippen LogP contribution < -0.4 is 4.72 Å². The van der Waals surface area contributed by atoms with Gasteiger partial charge in [0, 0.05) is 11.6 Å². The lowest BCUT2D eigenvalue weighted by molar-refractivity contribution is -0.142. The highest BCUT2D eigenvalue weighted by Gasteiger charge is 2.28. The predicted molar refractivity (Wildman–Crippen MR) is 75.5 cm³/mol. The van der Waals surface area contributed by atoms with Crippen LogP contribution in [-0.4, -0.2) is 25.5 Å². The number of nitrogens with one attached hydrogen (secondary N) is 1. The van der Waals surface area contributed by atoms with Crippen LogP contribution in [0, 0.1) is 11.7 Å². The number of carboxylic acid groups (broad SMARTS) is 1. The van der Waals surface area contributed by atoms with Gasteiger partial charge in [0.2, 0.25) is 10.0 Å². The first-order chi connectivity index (χ1) is 9.87. The summed E-state index contributed by atoms with van der Waals surface area (Å²) in [6.45, 7) is 0. The third-order valence-electron chi connectivity index (χ3n) is 3.73. The summed E-state index contributed by atoms with van der Waals surface area (Å²) in [5.41, 5.74) is 0.129. The molecule has 0 amide bonds. The highest BCUT2D eigenvalue weighted by atomic mass is 32.2. The van der Waals surface area contributed by atoms with Gasteiger partial charge < -0.3 is 5.11 Å². The summed E-state index contributed by atoms with van der Waals surface area (Å²) in [5, 5.41) is 8.90. The van der Waals surface area contributed by atoms with Crippen LogP contribution >= 0.6 is 0 Å². The fourth-order valence-electron chi connectivity index (χ4n) is 2.57. The van der Waals surface area contributed by atoms with E-state index in [1.165, 1.54) is 18.2 Å². The number of benzene rings is 1. The number of rotatable bonds is 5. The monoisotopic (exact) mass is 315 g/mol. The summed E-state index contributed by atoms with van der Waals surface area (Å²) in [6, 6.07) is 5.49. The van der Waals surface area contributed by atoms with Crippen LogP contribution in [-0.2, 0) is 20.6 Å². The lowest BCUT2D eigenvalue weighted by Crippen LogP contribution is -2.39. The fourth-order valence-corrected chi connectivity index (χ4v) is 4.04. The Labute approximate surface area is 123 Å². The smallest absolute Gasteiger partial charge is 0.306 e. The molecule has 0 unspecified atom stereocenters. The van der Waals surface area contributed by atoms with E-state index in [0.717, 1.165) is 0 Å². The third kappa shape index (κ3) is 4.50. The Morgan fingerprint density at radius 2 is 1.86 bits per heavy atom. The molecule has 0 aromatic heterocycles. The van der Waals surface area contributed by atoms with Gasteiger partial charge in [0.15, 0.2) is 0 Å². The van der Waals surface area contributed by atoms with Crippen molar-refractivity contribution < 1.29 is 22.7 Å². The zero-order valence-corrected chi connectivity index (χ0v) is 12.3. The topological polar surface area (TPSA) is 83.5 Å². The summed E-state index contributed by atoms with van der Waals surface area (Å²) in [6.07, 6.45) is 1.91. The number of hydrogen-bond acceptors (Lipinski definition) is 3. The quantitative estimate of drug-likeness (QED) is 0.869. The van der Waals surface area contributed by atoms with Crippen LogP contribution in [0.3, 0.4) is 0 Å². The Kier molecular flexibility index (Phi) is 4.95. The molecule has 0 spiro atoms. The van der Waals surface area contributed by atoms with Gasteiger partial charge in [-0.15, -0.1) is 0 Å². The van der Waals surface area contributed by atoms with Gasteiger partial charge in [-0.3, -0.25) is 4.79 Å². The number of halogens is 1. The van der Waals surface area contributed by atoms with Crippen LogP contribution in [0.15, 0.2) is 24.3 Å². The molecule has 0 atom stereocenters. The van der Waals surface area contributed by atoms with Crippen LogP contribution in [0.1, 0.15) is 31.2 Å². The molecule has 1 aromatic carbocycles. The van der Waals surface area contributed by atoms with E-state index < -0.39 is 33.5 Å². The predicted octanol–water partition coefficient (Wildman–Crippen LogP) is 1.89. The molecule has 1 aliphatic carbocycles. The molecule has 2 N–H and O–H groups in total. The lowest BCUT2D eigenvalue weighted by Gasteiger charge is -2.26. The summed E-state index contributed by atoms with van der Waals surface area (Å²) >= 11 is 0. The molecule has 1 aliphatic rings. The van der Waals surface area contributed by atoms with Crippen molar-refractivity contribution in [1.29, 1.82) is 0 Å². The molecule has 0 aliphatic heterocycles. The van der Waals surface area contributed by atoms with Gasteiger partial charge in [0.1, 0.15) is 5.82 Å². The Hall–Kier alpha value is -1.47. The van der Waals surface area contributed by atoms with E-state index in [1.54, 1.807) is 6.07 Å². The molecule has 1 fully saturated rings. The van der Waals surface area contributed by atoms with Gasteiger partial charge in [0.05, 0.1) is 11.7 Å². The van der Waals surface area contributed by atoms with Crippen molar-refractivity contribution in [3.63, 3.8) is 0 Å². The van der Waals surface area contributed by atoms with Gasteiger partial charge in [0.25, 0.3) is 0 Å². The standard InChI is InChI=1S/C14H18FNO4S/c15-13-4-2-1-3-11(13)9-21(19,20)16-12-7-5-10(6-8-12)14(17)18/h1-4,10,12,16H,5-9H2,(H,17,18). The fraction of sp³-hybridized carbons (Fsp3) is 0.500. The second kappa shape index (κ2) is 6.53. The molecule has 21 heavy (non-hydrogen) atoms. The zero-order valence-electron chi connectivity index (χ0n) is 11.5. The lowest BCUT2D eigenvalue weighted by atomic mass is 9.87. The van der Waals surface area contributed by atoms with Crippen molar-refractivity contribution in [3.05, 3.63) is 35.6 Å². The first kappa shape index (κ1) is 15.9. The molecule has 0 heterocycles. The maximum Gasteiger partial charge on any atom is 0.306 e. The largest absolute Gasteiger partial charge is 0.481 e. The third-order valence-corrected chi connectivity index (χ3v) is 5.11. The summed E-state index contributed by atoms with van der Waals surface area (Å²) in [4.78, 5) is 10.8. The van der Waals surface area contributed by atoms with Crippen LogP contribution in [0.25, 0.3) is 0 Å². The highest BCUT2D eigenvalue weighted by Crippen LogP contribution is 2.25. The van der Waals surface area contributed by atoms with E-state index in [1.807, 2.05) is 0 Å². The minimum Gasteiger partial charge on any atom is -0.481 e. The average Bonchev–Trinajstić information content (AvgIpc) is 2.41. The summed E-state index contributed by atoms with van der Waals surface area (Å²) < 4.78 is 40.1. The number of aliphatic carboxylic acids is 1. The maximum absolute atomic E-state index is 13.5. The zero-order chi connectivity index (χ0) is 15.5. The SMILES string of the molecule is O=C(O)C1CCC(NS(=O)(=O)Cc2ccccc2F)CC1. The molecular weight excluding hydrogens is 297 g/mol. The van der Waals surface area contributed by atoms with Gasteiger partial charge in [-0.2, -0.15) is 0 Å². The van der Waals surface area contributed by atoms with Crippen molar-refractivity contribution in [2.45, 2.75) is 37.5 Å². The highest BCUT2D eigenvalue weighted by molar-refractivity contribution is 7.88. The molecule has 1 saturated carbocycles. The van der Waals surface area contributed by atoms with Crippen molar-refractivity contribution in [3.8, 4) is 0 Å². The first-order valence-corrected chi connectivity index (χ1v) is 8.49. The number of hydrogen-bond donors (Lipinski definition) is 2. The second-order valence-corrected chi connectivity index (χ2v) is 7.11. The molecule has 0 radical (unpaired) electrons. The van der Waals surface area contributed by atoms with E-state index in [4.69, 9.17) is 5.11 Å². The Morgan fingerprint density at radius 1 is 1.24 bits per heavy atom. The molecule has 7 heteroatoms. The minimum absolute atomic E-state index is 0.129.